The number of hydrogen-bond acceptors (Lipinski definition) is 6. The second-order valence-corrected chi connectivity index (χ2v) is 13.3. The predicted octanol–water partition coefficient (Wildman–Crippen LogP) is 7.06. The van der Waals surface area contributed by atoms with Crippen molar-refractivity contribution in [2.75, 3.05) is 18.6 Å². The monoisotopic (exact) mass is 560 g/mol. The third-order valence-electron chi connectivity index (χ3n) is 7.94. The second-order valence-electron chi connectivity index (χ2n) is 11.7. The molecule has 2 heterocycles. The fraction of sp³-hybridized carbons (Fsp3) is 0.500. The van der Waals surface area contributed by atoms with Gasteiger partial charge in [-0.1, -0.05) is 39.2 Å². The number of methoxy groups -OCH3 is 1. The van der Waals surface area contributed by atoms with Crippen molar-refractivity contribution in [1.82, 2.24) is 5.01 Å². The molecule has 0 radical (unpaired) electrons. The van der Waals surface area contributed by atoms with E-state index in [0.29, 0.717) is 6.04 Å². The van der Waals surface area contributed by atoms with E-state index in [2.05, 4.69) is 40.3 Å². The van der Waals surface area contributed by atoms with Gasteiger partial charge < -0.3 is 9.64 Å². The van der Waals surface area contributed by atoms with Gasteiger partial charge in [-0.05, 0) is 98.8 Å². The number of rotatable bonds is 5. The highest BCUT2D eigenvalue weighted by molar-refractivity contribution is 8.15. The molecule has 1 fully saturated rings. The Hall–Kier alpha value is -3.13. The molecule has 2 amide bonds. The maximum Gasteiger partial charge on any atom is 0.310 e. The number of thioether (sulfide) groups is 1. The van der Waals surface area contributed by atoms with Crippen LogP contribution in [0.25, 0.3) is 0 Å². The minimum Gasteiger partial charge on any atom is -0.497 e. The SMILES string of the molecule is COc1ccc(/C(=N/C2CCCCC2)N2CCCc3cc(C4=NN(C(=O)C(C)C)C(=O)SC4(C)C)ccc32)cc1. The van der Waals surface area contributed by atoms with Gasteiger partial charge in [0.15, 0.2) is 0 Å². The number of benzene rings is 2. The quantitative estimate of drug-likeness (QED) is 0.289. The summed E-state index contributed by atoms with van der Waals surface area (Å²) in [6, 6.07) is 15.0. The van der Waals surface area contributed by atoms with Crippen molar-refractivity contribution in [2.45, 2.75) is 83.4 Å². The molecule has 5 rings (SSSR count). The summed E-state index contributed by atoms with van der Waals surface area (Å²) in [6.45, 7) is 8.47. The van der Waals surface area contributed by atoms with Crippen LogP contribution in [0.15, 0.2) is 52.6 Å². The Bertz CT molecular complexity index is 1330. The first-order valence-corrected chi connectivity index (χ1v) is 15.3. The smallest absolute Gasteiger partial charge is 0.310 e. The van der Waals surface area contributed by atoms with Gasteiger partial charge in [-0.3, -0.25) is 14.6 Å². The van der Waals surface area contributed by atoms with E-state index in [-0.39, 0.29) is 17.1 Å². The molecule has 2 aliphatic heterocycles. The highest BCUT2D eigenvalue weighted by Gasteiger charge is 2.40. The Kier molecular flexibility index (Phi) is 8.36. The highest BCUT2D eigenvalue weighted by atomic mass is 32.2. The topological polar surface area (TPSA) is 74.6 Å². The average Bonchev–Trinajstić information content (AvgIpc) is 2.95. The number of carbonyl (C=O) groups is 2. The van der Waals surface area contributed by atoms with E-state index < -0.39 is 4.75 Å². The number of nitrogens with zero attached hydrogens (tertiary/aromatic N) is 4. The first kappa shape index (κ1) is 28.4. The molecule has 3 aliphatic rings. The largest absolute Gasteiger partial charge is 0.497 e. The number of aryl methyl sites for hydroxylation is 1. The van der Waals surface area contributed by atoms with Crippen LogP contribution < -0.4 is 9.64 Å². The molecular weight excluding hydrogens is 520 g/mol. The van der Waals surface area contributed by atoms with E-state index in [1.54, 1.807) is 21.0 Å². The Balaban J connectivity index is 1.54. The van der Waals surface area contributed by atoms with Crippen LogP contribution in [0.3, 0.4) is 0 Å². The number of amidine groups is 1. The number of imide groups is 1. The predicted molar refractivity (Wildman–Crippen MR) is 164 cm³/mol. The van der Waals surface area contributed by atoms with Crippen LogP contribution in [0.4, 0.5) is 10.5 Å². The Morgan fingerprint density at radius 3 is 2.48 bits per heavy atom. The third-order valence-corrected chi connectivity index (χ3v) is 8.99. The number of anilines is 1. The summed E-state index contributed by atoms with van der Waals surface area (Å²) in [6.07, 6.45) is 8.00. The summed E-state index contributed by atoms with van der Waals surface area (Å²) in [5, 5.41) is 5.37. The fourth-order valence-corrected chi connectivity index (χ4v) is 6.66. The summed E-state index contributed by atoms with van der Waals surface area (Å²) in [7, 11) is 1.69. The van der Waals surface area contributed by atoms with Crippen LogP contribution in [0.5, 0.6) is 5.75 Å². The minimum atomic E-state index is -0.551. The summed E-state index contributed by atoms with van der Waals surface area (Å²) in [4.78, 5) is 33.2. The van der Waals surface area contributed by atoms with Gasteiger partial charge in [0.1, 0.15) is 11.6 Å². The van der Waals surface area contributed by atoms with Crippen molar-refractivity contribution >= 4 is 40.1 Å². The normalized spacial score (nSPS) is 19.9. The molecule has 8 heteroatoms. The number of aliphatic imine (C=N–C) groups is 1. The lowest BCUT2D eigenvalue weighted by Crippen LogP contribution is -2.44. The Morgan fingerprint density at radius 2 is 1.80 bits per heavy atom. The molecule has 2 aromatic rings. The van der Waals surface area contributed by atoms with E-state index in [4.69, 9.17) is 9.73 Å². The van der Waals surface area contributed by atoms with Crippen molar-refractivity contribution < 1.29 is 14.3 Å². The Labute approximate surface area is 242 Å². The fourth-order valence-electron chi connectivity index (χ4n) is 5.75. The van der Waals surface area contributed by atoms with Crippen LogP contribution in [-0.4, -0.2) is 52.1 Å². The van der Waals surface area contributed by atoms with E-state index in [1.165, 1.54) is 24.8 Å². The lowest BCUT2D eigenvalue weighted by Gasteiger charge is -2.36. The van der Waals surface area contributed by atoms with E-state index in [1.807, 2.05) is 26.0 Å². The molecule has 40 heavy (non-hydrogen) atoms. The van der Waals surface area contributed by atoms with Crippen molar-refractivity contribution in [3.05, 3.63) is 59.2 Å². The van der Waals surface area contributed by atoms with Gasteiger partial charge in [-0.25, -0.2) is 0 Å². The summed E-state index contributed by atoms with van der Waals surface area (Å²) < 4.78 is 4.87. The number of fused-ring (bicyclic) bond motifs is 1. The maximum absolute atomic E-state index is 12.8. The van der Waals surface area contributed by atoms with Crippen molar-refractivity contribution in [2.24, 2.45) is 16.0 Å². The lowest BCUT2D eigenvalue weighted by molar-refractivity contribution is -0.131. The second kappa shape index (κ2) is 11.8. The average molecular weight is 561 g/mol. The highest BCUT2D eigenvalue weighted by Crippen LogP contribution is 2.38. The summed E-state index contributed by atoms with van der Waals surface area (Å²) >= 11 is 1.16. The zero-order valence-electron chi connectivity index (χ0n) is 24.3. The molecule has 212 valence electrons. The molecule has 0 aromatic heterocycles. The molecule has 0 bridgehead atoms. The van der Waals surface area contributed by atoms with Crippen molar-refractivity contribution in [3.8, 4) is 5.75 Å². The molecular formula is C32H40N4O3S. The van der Waals surface area contributed by atoms with Crippen LogP contribution in [0.1, 0.15) is 82.9 Å². The van der Waals surface area contributed by atoms with Gasteiger partial charge >= 0.3 is 5.24 Å². The number of ether oxygens (including phenoxy) is 1. The standard InChI is InChI=1S/C32H40N4O3S/c1-21(2)30(37)36-31(38)40-32(3,4)28(34-36)24-15-18-27-23(20-24)10-9-19-35(27)29(33-25-11-7-6-8-12-25)22-13-16-26(39-5)17-14-22/h13-18,20-21,25H,6-12,19H2,1-5H3/b33-29-. The number of hydrazone groups is 1. The van der Waals surface area contributed by atoms with Gasteiger partial charge in [0, 0.05) is 23.7 Å². The van der Waals surface area contributed by atoms with Gasteiger partial charge in [0.2, 0.25) is 0 Å². The molecule has 0 spiro atoms. The van der Waals surface area contributed by atoms with E-state index in [9.17, 15) is 9.59 Å². The number of amides is 2. The molecule has 0 N–H and O–H groups in total. The maximum atomic E-state index is 12.8. The third kappa shape index (κ3) is 5.82. The van der Waals surface area contributed by atoms with Gasteiger partial charge in [0.25, 0.3) is 5.91 Å². The molecule has 0 saturated heterocycles. The summed E-state index contributed by atoms with van der Waals surface area (Å²) in [5.41, 5.74) is 5.18. The van der Waals surface area contributed by atoms with Crippen LogP contribution in [0, 0.1) is 5.92 Å². The van der Waals surface area contributed by atoms with Gasteiger partial charge in [-0.2, -0.15) is 10.1 Å². The molecule has 0 atom stereocenters. The zero-order chi connectivity index (χ0) is 28.4. The first-order valence-electron chi connectivity index (χ1n) is 14.5. The van der Waals surface area contributed by atoms with Crippen LogP contribution in [0.2, 0.25) is 0 Å². The van der Waals surface area contributed by atoms with Gasteiger partial charge in [-0.15, -0.1) is 0 Å². The molecule has 1 aliphatic carbocycles. The molecule has 2 aromatic carbocycles. The van der Waals surface area contributed by atoms with Crippen LogP contribution in [-0.2, 0) is 11.2 Å². The number of hydrogen-bond donors (Lipinski definition) is 0. The first-order chi connectivity index (χ1) is 19.2. The lowest BCUT2D eigenvalue weighted by atomic mass is 9.92. The zero-order valence-corrected chi connectivity index (χ0v) is 25.1. The van der Waals surface area contributed by atoms with E-state index >= 15 is 0 Å². The van der Waals surface area contributed by atoms with Crippen LogP contribution >= 0.6 is 11.8 Å². The Morgan fingerprint density at radius 1 is 1.07 bits per heavy atom. The number of carbonyl (C=O) groups excluding carboxylic acids is 2. The van der Waals surface area contributed by atoms with Crippen molar-refractivity contribution in [3.63, 3.8) is 0 Å². The van der Waals surface area contributed by atoms with Crippen molar-refractivity contribution in [1.29, 1.82) is 0 Å². The van der Waals surface area contributed by atoms with Gasteiger partial charge in [0.05, 0.1) is 23.6 Å². The molecule has 0 unspecified atom stereocenters. The molecule has 1 saturated carbocycles. The minimum absolute atomic E-state index is 0.280. The summed E-state index contributed by atoms with van der Waals surface area (Å²) in [5.74, 6) is 1.26. The molecule has 7 nitrogen and oxygen atoms in total. The van der Waals surface area contributed by atoms with E-state index in [0.717, 1.165) is 83.1 Å².